The maximum atomic E-state index is 12.3. The van der Waals surface area contributed by atoms with Gasteiger partial charge in [-0.25, -0.2) is 4.79 Å². The molecule has 0 saturated carbocycles. The van der Waals surface area contributed by atoms with Gasteiger partial charge in [0.1, 0.15) is 0 Å². The standard InChI is InChI=1S/C14H19N3O4/c1-8-11(9(2)16-14(21)15-8)6-12(18)17-5-3-4-10(7-17)13(19)20/h10H,3-7H2,1-2H3,(H,19,20)(H,15,16,21)/t10-/m0/s1. The van der Waals surface area contributed by atoms with Crippen LogP contribution in [-0.4, -0.2) is 44.9 Å². The zero-order chi connectivity index (χ0) is 15.6. The van der Waals surface area contributed by atoms with Crippen LogP contribution in [0, 0.1) is 19.8 Å². The lowest BCUT2D eigenvalue weighted by Gasteiger charge is -2.31. The van der Waals surface area contributed by atoms with Crippen molar-refractivity contribution in [2.75, 3.05) is 13.1 Å². The Bertz CT molecular complexity index is 597. The highest BCUT2D eigenvalue weighted by Crippen LogP contribution is 2.18. The predicted molar refractivity (Wildman–Crippen MR) is 75.0 cm³/mol. The number of hydrogen-bond acceptors (Lipinski definition) is 4. The van der Waals surface area contributed by atoms with Crippen molar-refractivity contribution in [1.29, 1.82) is 0 Å². The van der Waals surface area contributed by atoms with Crippen LogP contribution in [-0.2, 0) is 16.0 Å². The molecule has 1 amide bonds. The molecule has 1 atom stereocenters. The number of amides is 1. The summed E-state index contributed by atoms with van der Waals surface area (Å²) < 4.78 is 0. The molecule has 1 aromatic heterocycles. The van der Waals surface area contributed by atoms with Crippen molar-refractivity contribution in [3.05, 3.63) is 27.4 Å². The smallest absolute Gasteiger partial charge is 0.345 e. The lowest BCUT2D eigenvalue weighted by Crippen LogP contribution is -2.43. The highest BCUT2D eigenvalue weighted by Gasteiger charge is 2.28. The van der Waals surface area contributed by atoms with Gasteiger partial charge in [-0.05, 0) is 26.7 Å². The number of aromatic amines is 1. The molecule has 2 heterocycles. The van der Waals surface area contributed by atoms with E-state index in [9.17, 15) is 14.4 Å². The fraction of sp³-hybridized carbons (Fsp3) is 0.571. The third kappa shape index (κ3) is 3.48. The molecule has 114 valence electrons. The van der Waals surface area contributed by atoms with E-state index in [0.29, 0.717) is 36.3 Å². The minimum Gasteiger partial charge on any atom is -0.481 e. The average Bonchev–Trinajstić information content (AvgIpc) is 2.42. The quantitative estimate of drug-likeness (QED) is 0.831. The first-order chi connectivity index (χ1) is 9.88. The van der Waals surface area contributed by atoms with Gasteiger partial charge in [0.2, 0.25) is 5.91 Å². The van der Waals surface area contributed by atoms with Crippen LogP contribution in [0.3, 0.4) is 0 Å². The van der Waals surface area contributed by atoms with Crippen LogP contribution in [0.2, 0.25) is 0 Å². The Morgan fingerprint density at radius 1 is 1.43 bits per heavy atom. The Kier molecular flexibility index (Phi) is 4.40. The van der Waals surface area contributed by atoms with Gasteiger partial charge >= 0.3 is 11.7 Å². The minimum atomic E-state index is -0.856. The molecule has 1 fully saturated rings. The van der Waals surface area contributed by atoms with Gasteiger partial charge in [-0.3, -0.25) is 9.59 Å². The third-order valence-corrected chi connectivity index (χ3v) is 3.90. The number of carbonyl (C=O) groups excluding carboxylic acids is 1. The van der Waals surface area contributed by atoms with E-state index >= 15 is 0 Å². The fourth-order valence-corrected chi connectivity index (χ4v) is 2.68. The summed E-state index contributed by atoms with van der Waals surface area (Å²) >= 11 is 0. The Morgan fingerprint density at radius 2 is 2.14 bits per heavy atom. The number of rotatable bonds is 3. The summed E-state index contributed by atoms with van der Waals surface area (Å²) in [6, 6.07) is 0. The number of H-pyrrole nitrogens is 1. The van der Waals surface area contributed by atoms with E-state index in [1.165, 1.54) is 0 Å². The third-order valence-electron chi connectivity index (χ3n) is 3.90. The molecule has 21 heavy (non-hydrogen) atoms. The molecule has 0 aliphatic carbocycles. The average molecular weight is 293 g/mol. The zero-order valence-electron chi connectivity index (χ0n) is 12.2. The molecule has 7 heteroatoms. The molecular formula is C14H19N3O4. The molecule has 1 aromatic rings. The van der Waals surface area contributed by atoms with Gasteiger partial charge in [0.15, 0.2) is 0 Å². The summed E-state index contributed by atoms with van der Waals surface area (Å²) in [5.41, 5.74) is 1.45. The van der Waals surface area contributed by atoms with Crippen LogP contribution < -0.4 is 5.69 Å². The fourth-order valence-electron chi connectivity index (χ4n) is 2.68. The highest BCUT2D eigenvalue weighted by atomic mass is 16.4. The highest BCUT2D eigenvalue weighted by molar-refractivity contribution is 5.80. The molecule has 2 N–H and O–H groups in total. The van der Waals surface area contributed by atoms with E-state index in [4.69, 9.17) is 5.11 Å². The molecule has 2 rings (SSSR count). The van der Waals surface area contributed by atoms with E-state index < -0.39 is 17.6 Å². The largest absolute Gasteiger partial charge is 0.481 e. The first kappa shape index (κ1) is 15.2. The van der Waals surface area contributed by atoms with Crippen molar-refractivity contribution in [2.45, 2.75) is 33.1 Å². The van der Waals surface area contributed by atoms with Crippen LogP contribution >= 0.6 is 0 Å². The van der Waals surface area contributed by atoms with Crippen molar-refractivity contribution in [1.82, 2.24) is 14.9 Å². The van der Waals surface area contributed by atoms with Crippen molar-refractivity contribution in [3.8, 4) is 0 Å². The summed E-state index contributed by atoms with van der Waals surface area (Å²) in [6.45, 7) is 4.26. The number of hydrogen-bond donors (Lipinski definition) is 2. The van der Waals surface area contributed by atoms with E-state index in [0.717, 1.165) is 0 Å². The molecule has 1 saturated heterocycles. The summed E-state index contributed by atoms with van der Waals surface area (Å²) in [5.74, 6) is -1.47. The number of nitrogens with one attached hydrogen (secondary N) is 1. The van der Waals surface area contributed by atoms with Gasteiger partial charge in [-0.15, -0.1) is 0 Å². The second-order valence-electron chi connectivity index (χ2n) is 5.42. The van der Waals surface area contributed by atoms with Crippen LogP contribution in [0.5, 0.6) is 0 Å². The van der Waals surface area contributed by atoms with Crippen molar-refractivity contribution in [3.63, 3.8) is 0 Å². The van der Waals surface area contributed by atoms with Gasteiger partial charge in [0.05, 0.1) is 12.3 Å². The van der Waals surface area contributed by atoms with Gasteiger partial charge < -0.3 is 15.0 Å². The molecule has 0 unspecified atom stereocenters. The number of piperidine rings is 1. The first-order valence-electron chi connectivity index (χ1n) is 6.95. The molecule has 7 nitrogen and oxygen atoms in total. The van der Waals surface area contributed by atoms with Crippen molar-refractivity contribution >= 4 is 11.9 Å². The number of carbonyl (C=O) groups is 2. The molecular weight excluding hydrogens is 274 g/mol. The molecule has 0 aromatic carbocycles. The number of carboxylic acids is 1. The lowest BCUT2D eigenvalue weighted by atomic mass is 9.97. The van der Waals surface area contributed by atoms with E-state index in [1.807, 2.05) is 0 Å². The molecule has 0 spiro atoms. The molecule has 1 aliphatic rings. The van der Waals surface area contributed by atoms with Crippen molar-refractivity contribution in [2.24, 2.45) is 5.92 Å². The zero-order valence-corrected chi connectivity index (χ0v) is 12.2. The molecule has 0 radical (unpaired) electrons. The predicted octanol–water partition coefficient (Wildman–Crippen LogP) is 0.252. The van der Waals surface area contributed by atoms with E-state index in [-0.39, 0.29) is 18.9 Å². The van der Waals surface area contributed by atoms with Crippen LogP contribution in [0.25, 0.3) is 0 Å². The summed E-state index contributed by atoms with van der Waals surface area (Å²) in [7, 11) is 0. The maximum absolute atomic E-state index is 12.3. The Labute approximate surface area is 122 Å². The van der Waals surface area contributed by atoms with Gasteiger partial charge in [0, 0.05) is 30.0 Å². The Balaban J connectivity index is 2.11. The summed E-state index contributed by atoms with van der Waals surface area (Å²) in [5, 5.41) is 9.06. The van der Waals surface area contributed by atoms with Gasteiger partial charge in [-0.2, -0.15) is 4.98 Å². The Morgan fingerprint density at radius 3 is 2.76 bits per heavy atom. The SMILES string of the molecule is Cc1nc(=O)[nH]c(C)c1CC(=O)N1CCC[C@H](C(=O)O)C1. The number of nitrogens with zero attached hydrogens (tertiary/aromatic N) is 2. The normalized spacial score (nSPS) is 18.6. The van der Waals surface area contributed by atoms with Crippen LogP contribution in [0.1, 0.15) is 29.8 Å². The second kappa shape index (κ2) is 6.07. The Hall–Kier alpha value is -2.18. The topological polar surface area (TPSA) is 103 Å². The monoisotopic (exact) mass is 293 g/mol. The summed E-state index contributed by atoms with van der Waals surface area (Å²) in [4.78, 5) is 42.6. The lowest BCUT2D eigenvalue weighted by molar-refractivity contribution is -0.145. The number of aromatic nitrogens is 2. The maximum Gasteiger partial charge on any atom is 0.345 e. The second-order valence-corrected chi connectivity index (χ2v) is 5.42. The molecule has 0 bridgehead atoms. The minimum absolute atomic E-state index is 0.124. The van der Waals surface area contributed by atoms with Crippen LogP contribution in [0.15, 0.2) is 4.79 Å². The van der Waals surface area contributed by atoms with Crippen molar-refractivity contribution < 1.29 is 14.7 Å². The number of aliphatic carboxylic acids is 1. The number of likely N-dealkylation sites (tertiary alicyclic amines) is 1. The van der Waals surface area contributed by atoms with E-state index in [2.05, 4.69) is 9.97 Å². The number of aryl methyl sites for hydroxylation is 2. The van der Waals surface area contributed by atoms with E-state index in [1.54, 1.807) is 18.7 Å². The molecule has 1 aliphatic heterocycles. The van der Waals surface area contributed by atoms with Crippen LogP contribution in [0.4, 0.5) is 0 Å². The van der Waals surface area contributed by atoms with Gasteiger partial charge in [0.25, 0.3) is 0 Å². The summed E-state index contributed by atoms with van der Waals surface area (Å²) in [6.07, 6.45) is 1.44. The van der Waals surface area contributed by atoms with Gasteiger partial charge in [-0.1, -0.05) is 0 Å². The number of carboxylic acid groups (broad SMARTS) is 1. The first-order valence-corrected chi connectivity index (χ1v) is 6.95.